The lowest BCUT2D eigenvalue weighted by Gasteiger charge is -2.05. The van der Waals surface area contributed by atoms with Gasteiger partial charge in [0.2, 0.25) is 0 Å². The maximum Gasteiger partial charge on any atom is 0.122 e. The van der Waals surface area contributed by atoms with E-state index in [0.29, 0.717) is 0 Å². The Hall–Kier alpha value is -0.570. The number of hydrogen-bond acceptors (Lipinski definition) is 1. The number of aryl methyl sites for hydroxylation is 1. The monoisotopic (exact) mass is 196 g/mol. The van der Waals surface area contributed by atoms with Crippen LogP contribution in [0.5, 0.6) is 0 Å². The van der Waals surface area contributed by atoms with Crippen LogP contribution in [0.25, 0.3) is 0 Å². The van der Waals surface area contributed by atoms with Gasteiger partial charge in [-0.25, -0.2) is 0 Å². The number of rotatable bonds is 2. The predicted molar refractivity (Wildman–Crippen MR) is 56.5 cm³/mol. The molecule has 1 N–H and O–H groups in total. The van der Waals surface area contributed by atoms with Gasteiger partial charge in [-0.15, -0.1) is 0 Å². The lowest BCUT2D eigenvalue weighted by molar-refractivity contribution is 0.609. The highest BCUT2D eigenvalue weighted by Crippen LogP contribution is 2.32. The van der Waals surface area contributed by atoms with E-state index < -0.39 is 0 Å². The first-order valence-corrected chi connectivity index (χ1v) is 5.52. The average Bonchev–Trinajstić information content (AvgIpc) is 2.71. The van der Waals surface area contributed by atoms with E-state index in [9.17, 15) is 0 Å². The van der Waals surface area contributed by atoms with Crippen molar-refractivity contribution >= 4 is 12.2 Å². The molecule has 0 aliphatic heterocycles. The lowest BCUT2D eigenvalue weighted by atomic mass is 10.1. The fourth-order valence-electron chi connectivity index (χ4n) is 2.14. The van der Waals surface area contributed by atoms with Crippen molar-refractivity contribution in [2.75, 3.05) is 0 Å². The number of H-pyrrole nitrogens is 1. The van der Waals surface area contributed by atoms with Gasteiger partial charge in [0.15, 0.2) is 0 Å². The van der Waals surface area contributed by atoms with Gasteiger partial charge in [-0.2, -0.15) is 0 Å². The Morgan fingerprint density at radius 2 is 2.23 bits per heavy atom. The number of nitrogens with zero attached hydrogens (tertiary/aromatic N) is 1. The van der Waals surface area contributed by atoms with E-state index in [-0.39, 0.29) is 0 Å². The minimum atomic E-state index is 0.745. The van der Waals surface area contributed by atoms with Gasteiger partial charge in [0, 0.05) is 18.2 Å². The molecule has 72 valence electrons. The minimum Gasteiger partial charge on any atom is -0.301 e. The highest BCUT2D eigenvalue weighted by atomic mass is 32.1. The molecule has 0 atom stereocenters. The van der Waals surface area contributed by atoms with Crippen molar-refractivity contribution in [1.29, 1.82) is 0 Å². The summed E-state index contributed by atoms with van der Waals surface area (Å²) < 4.78 is 2.99. The van der Waals surface area contributed by atoms with Gasteiger partial charge in [-0.05, 0) is 25.8 Å². The van der Waals surface area contributed by atoms with Crippen LogP contribution >= 0.6 is 12.2 Å². The second kappa shape index (κ2) is 3.66. The van der Waals surface area contributed by atoms with Crippen LogP contribution in [0.15, 0.2) is 6.07 Å². The third-order valence-electron chi connectivity index (χ3n) is 2.92. The summed E-state index contributed by atoms with van der Waals surface area (Å²) in [5, 5.41) is 3.39. The first-order valence-electron chi connectivity index (χ1n) is 5.11. The van der Waals surface area contributed by atoms with Gasteiger partial charge in [-0.1, -0.05) is 25.1 Å². The SMILES string of the molecule is CCn1[nH]c(C2CCCC2)cc1=S. The summed E-state index contributed by atoms with van der Waals surface area (Å²) in [6, 6.07) is 2.13. The Morgan fingerprint density at radius 1 is 1.54 bits per heavy atom. The summed E-state index contributed by atoms with van der Waals surface area (Å²) in [5.74, 6) is 0.745. The molecular formula is C10H16N2S. The zero-order valence-electron chi connectivity index (χ0n) is 8.05. The maximum absolute atomic E-state index is 5.24. The first-order chi connectivity index (χ1) is 6.31. The van der Waals surface area contributed by atoms with Gasteiger partial charge in [-0.3, -0.25) is 4.68 Å². The van der Waals surface area contributed by atoms with E-state index in [2.05, 4.69) is 18.1 Å². The number of aromatic nitrogens is 2. The molecule has 0 unspecified atom stereocenters. The molecule has 1 aromatic rings. The van der Waals surface area contributed by atoms with Gasteiger partial charge >= 0.3 is 0 Å². The second-order valence-electron chi connectivity index (χ2n) is 3.78. The van der Waals surface area contributed by atoms with Crippen molar-refractivity contribution in [2.45, 2.75) is 45.1 Å². The van der Waals surface area contributed by atoms with Crippen LogP contribution in [0, 0.1) is 4.64 Å². The Kier molecular flexibility index (Phi) is 2.54. The molecule has 1 heterocycles. The predicted octanol–water partition coefficient (Wildman–Crippen LogP) is 3.22. The number of nitrogens with one attached hydrogen (secondary N) is 1. The van der Waals surface area contributed by atoms with Crippen LogP contribution in [-0.2, 0) is 6.54 Å². The van der Waals surface area contributed by atoms with Crippen molar-refractivity contribution in [2.24, 2.45) is 0 Å². The van der Waals surface area contributed by atoms with E-state index in [4.69, 9.17) is 12.2 Å². The summed E-state index contributed by atoms with van der Waals surface area (Å²) in [6.07, 6.45) is 5.42. The molecule has 0 amide bonds. The molecule has 1 aliphatic rings. The molecule has 1 aliphatic carbocycles. The number of aromatic amines is 1. The van der Waals surface area contributed by atoms with Gasteiger partial charge < -0.3 is 5.10 Å². The maximum atomic E-state index is 5.24. The van der Waals surface area contributed by atoms with Crippen molar-refractivity contribution in [3.05, 3.63) is 16.4 Å². The summed E-state index contributed by atoms with van der Waals surface area (Å²) in [5.41, 5.74) is 1.35. The minimum absolute atomic E-state index is 0.745. The fraction of sp³-hybridized carbons (Fsp3) is 0.700. The van der Waals surface area contributed by atoms with Crippen LogP contribution in [0.3, 0.4) is 0 Å². The van der Waals surface area contributed by atoms with E-state index in [1.807, 2.05) is 4.68 Å². The van der Waals surface area contributed by atoms with E-state index in [0.717, 1.165) is 17.1 Å². The zero-order chi connectivity index (χ0) is 9.26. The van der Waals surface area contributed by atoms with E-state index in [1.165, 1.54) is 31.4 Å². The summed E-state index contributed by atoms with van der Waals surface area (Å²) in [4.78, 5) is 0. The molecule has 0 bridgehead atoms. The molecule has 1 saturated carbocycles. The average molecular weight is 196 g/mol. The molecule has 3 heteroatoms. The zero-order valence-corrected chi connectivity index (χ0v) is 8.86. The van der Waals surface area contributed by atoms with Crippen LogP contribution in [0.1, 0.15) is 44.2 Å². The summed E-state index contributed by atoms with van der Waals surface area (Å²) >= 11 is 5.24. The van der Waals surface area contributed by atoms with Crippen molar-refractivity contribution in [3.8, 4) is 0 Å². The first kappa shape index (κ1) is 9.00. The van der Waals surface area contributed by atoms with Crippen LogP contribution in [0.2, 0.25) is 0 Å². The van der Waals surface area contributed by atoms with Crippen LogP contribution in [-0.4, -0.2) is 9.78 Å². The molecule has 2 rings (SSSR count). The Morgan fingerprint density at radius 3 is 2.77 bits per heavy atom. The molecule has 13 heavy (non-hydrogen) atoms. The fourth-order valence-corrected chi connectivity index (χ4v) is 2.44. The Balaban J connectivity index is 2.25. The van der Waals surface area contributed by atoms with Crippen molar-refractivity contribution in [1.82, 2.24) is 9.78 Å². The molecule has 1 fully saturated rings. The molecule has 0 aromatic carbocycles. The summed E-state index contributed by atoms with van der Waals surface area (Å²) in [7, 11) is 0. The molecule has 2 nitrogen and oxygen atoms in total. The smallest absolute Gasteiger partial charge is 0.122 e. The highest BCUT2D eigenvalue weighted by molar-refractivity contribution is 7.71. The molecule has 0 spiro atoms. The topological polar surface area (TPSA) is 20.7 Å². The van der Waals surface area contributed by atoms with Crippen LogP contribution in [0.4, 0.5) is 0 Å². The highest BCUT2D eigenvalue weighted by Gasteiger charge is 2.18. The quantitative estimate of drug-likeness (QED) is 0.720. The number of hydrogen-bond donors (Lipinski definition) is 1. The standard InChI is InChI=1S/C10H16N2S/c1-2-12-10(13)7-9(11-12)8-5-3-4-6-8/h7-8,11H,2-6H2,1H3. The molecular weight excluding hydrogens is 180 g/mol. The Labute approximate surface area is 83.9 Å². The van der Waals surface area contributed by atoms with E-state index >= 15 is 0 Å². The van der Waals surface area contributed by atoms with Crippen molar-refractivity contribution in [3.63, 3.8) is 0 Å². The normalized spacial score (nSPS) is 18.2. The molecule has 0 radical (unpaired) electrons. The van der Waals surface area contributed by atoms with Gasteiger partial charge in [0.05, 0.1) is 0 Å². The Bertz CT molecular complexity index is 331. The molecule has 0 saturated heterocycles. The summed E-state index contributed by atoms with van der Waals surface area (Å²) in [6.45, 7) is 3.07. The lowest BCUT2D eigenvalue weighted by Crippen LogP contribution is -1.99. The third-order valence-corrected chi connectivity index (χ3v) is 3.26. The second-order valence-corrected chi connectivity index (χ2v) is 4.19. The van der Waals surface area contributed by atoms with Crippen LogP contribution < -0.4 is 0 Å². The van der Waals surface area contributed by atoms with E-state index in [1.54, 1.807) is 0 Å². The largest absolute Gasteiger partial charge is 0.301 e. The third kappa shape index (κ3) is 1.70. The van der Waals surface area contributed by atoms with Crippen molar-refractivity contribution < 1.29 is 0 Å². The van der Waals surface area contributed by atoms with Gasteiger partial charge in [0.1, 0.15) is 4.64 Å². The molecule has 1 aromatic heterocycles. The van der Waals surface area contributed by atoms with Gasteiger partial charge in [0.25, 0.3) is 0 Å².